The lowest BCUT2D eigenvalue weighted by Gasteiger charge is -2.25. The van der Waals surface area contributed by atoms with Crippen LogP contribution in [0.1, 0.15) is 24.9 Å². The molecule has 1 fully saturated rings. The van der Waals surface area contributed by atoms with E-state index >= 15 is 0 Å². The number of amides is 3. The molecule has 2 aromatic rings. The molecule has 1 saturated heterocycles. The van der Waals surface area contributed by atoms with E-state index < -0.39 is 5.92 Å². The van der Waals surface area contributed by atoms with Crippen LogP contribution in [0.3, 0.4) is 0 Å². The number of nitrogens with zero attached hydrogens (tertiary/aromatic N) is 1. The summed E-state index contributed by atoms with van der Waals surface area (Å²) >= 11 is 0. The summed E-state index contributed by atoms with van der Waals surface area (Å²) in [6.07, 6.45) is 0.186. The lowest BCUT2D eigenvalue weighted by atomic mass is 9.93. The summed E-state index contributed by atoms with van der Waals surface area (Å²) < 4.78 is 0. The molecule has 6 nitrogen and oxygen atoms in total. The molecule has 2 N–H and O–H groups in total. The topological polar surface area (TPSA) is 78.5 Å². The van der Waals surface area contributed by atoms with Gasteiger partial charge in [-0.05, 0) is 29.8 Å². The Labute approximate surface area is 152 Å². The minimum absolute atomic E-state index is 0.0417. The monoisotopic (exact) mass is 351 g/mol. The Bertz CT molecular complexity index is 818. The van der Waals surface area contributed by atoms with Gasteiger partial charge in [0.1, 0.15) is 0 Å². The van der Waals surface area contributed by atoms with Crippen molar-refractivity contribution < 1.29 is 14.4 Å². The highest BCUT2D eigenvalue weighted by Gasteiger charge is 2.42. The average Bonchev–Trinajstić information content (AvgIpc) is 2.92. The SMILES string of the molecule is CC(=O)Nc1ccc(NC(=O)[C@@H]2CC(=O)N(C)[C@@H]2c2ccccc2)cc1. The Kier molecular flexibility index (Phi) is 5.02. The van der Waals surface area contributed by atoms with E-state index in [0.717, 1.165) is 5.56 Å². The normalized spacial score (nSPS) is 19.3. The molecule has 3 rings (SSSR count). The van der Waals surface area contributed by atoms with Crippen molar-refractivity contribution in [2.45, 2.75) is 19.4 Å². The van der Waals surface area contributed by atoms with Gasteiger partial charge in [-0.2, -0.15) is 0 Å². The van der Waals surface area contributed by atoms with Crippen LogP contribution in [0.4, 0.5) is 11.4 Å². The van der Waals surface area contributed by atoms with Crippen molar-refractivity contribution in [2.24, 2.45) is 5.92 Å². The van der Waals surface area contributed by atoms with Crippen LogP contribution in [0.25, 0.3) is 0 Å². The number of hydrogen-bond acceptors (Lipinski definition) is 3. The number of anilines is 2. The second kappa shape index (κ2) is 7.39. The number of carbonyl (C=O) groups is 3. The van der Waals surface area contributed by atoms with Crippen molar-refractivity contribution >= 4 is 29.1 Å². The zero-order valence-corrected chi connectivity index (χ0v) is 14.7. The summed E-state index contributed by atoms with van der Waals surface area (Å²) in [4.78, 5) is 37.7. The lowest BCUT2D eigenvalue weighted by Crippen LogP contribution is -2.30. The first-order valence-electron chi connectivity index (χ1n) is 8.45. The van der Waals surface area contributed by atoms with Crippen molar-refractivity contribution in [1.29, 1.82) is 0 Å². The smallest absolute Gasteiger partial charge is 0.230 e. The van der Waals surface area contributed by atoms with Gasteiger partial charge in [0.05, 0.1) is 12.0 Å². The van der Waals surface area contributed by atoms with E-state index in [4.69, 9.17) is 0 Å². The molecule has 0 spiro atoms. The zero-order valence-electron chi connectivity index (χ0n) is 14.7. The largest absolute Gasteiger partial charge is 0.338 e. The van der Waals surface area contributed by atoms with Crippen molar-refractivity contribution in [2.75, 3.05) is 17.7 Å². The highest BCUT2D eigenvalue weighted by Crippen LogP contribution is 2.37. The summed E-state index contributed by atoms with van der Waals surface area (Å²) in [5.41, 5.74) is 2.23. The molecule has 0 aliphatic carbocycles. The number of nitrogens with one attached hydrogen (secondary N) is 2. The molecule has 6 heteroatoms. The minimum Gasteiger partial charge on any atom is -0.338 e. The molecular formula is C20H21N3O3. The molecule has 0 radical (unpaired) electrons. The van der Waals surface area contributed by atoms with Gasteiger partial charge in [-0.1, -0.05) is 30.3 Å². The van der Waals surface area contributed by atoms with Crippen LogP contribution in [0.15, 0.2) is 54.6 Å². The van der Waals surface area contributed by atoms with E-state index in [1.54, 1.807) is 36.2 Å². The van der Waals surface area contributed by atoms with E-state index in [1.165, 1.54) is 6.92 Å². The molecule has 1 aliphatic rings. The zero-order chi connectivity index (χ0) is 18.7. The minimum atomic E-state index is -0.454. The first kappa shape index (κ1) is 17.7. The molecule has 1 heterocycles. The van der Waals surface area contributed by atoms with Crippen LogP contribution < -0.4 is 10.6 Å². The highest BCUT2D eigenvalue weighted by molar-refractivity contribution is 5.98. The van der Waals surface area contributed by atoms with Gasteiger partial charge in [-0.25, -0.2) is 0 Å². The standard InChI is InChI=1S/C20H21N3O3/c1-13(24)21-15-8-10-16(11-9-15)22-20(26)17-12-18(25)23(2)19(17)14-6-4-3-5-7-14/h3-11,17,19H,12H2,1-2H3,(H,21,24)(H,22,26)/t17-,19-/m1/s1. The fourth-order valence-electron chi connectivity index (χ4n) is 3.29. The maximum atomic E-state index is 12.8. The second-order valence-electron chi connectivity index (χ2n) is 6.42. The fraction of sp³-hybridized carbons (Fsp3) is 0.250. The van der Waals surface area contributed by atoms with Gasteiger partial charge >= 0.3 is 0 Å². The van der Waals surface area contributed by atoms with Crippen LogP contribution in [0.2, 0.25) is 0 Å². The predicted molar refractivity (Wildman–Crippen MR) is 99.4 cm³/mol. The molecule has 26 heavy (non-hydrogen) atoms. The third kappa shape index (κ3) is 3.74. The summed E-state index contributed by atoms with van der Waals surface area (Å²) in [7, 11) is 1.73. The lowest BCUT2D eigenvalue weighted by molar-refractivity contribution is -0.128. The van der Waals surface area contributed by atoms with Gasteiger partial charge in [-0.15, -0.1) is 0 Å². The van der Waals surface area contributed by atoms with Crippen LogP contribution >= 0.6 is 0 Å². The molecule has 2 atom stereocenters. The maximum absolute atomic E-state index is 12.8. The molecule has 0 aromatic heterocycles. The first-order chi connectivity index (χ1) is 12.5. The van der Waals surface area contributed by atoms with Gasteiger partial charge < -0.3 is 15.5 Å². The van der Waals surface area contributed by atoms with Crippen molar-refractivity contribution in [3.63, 3.8) is 0 Å². The summed E-state index contributed by atoms with van der Waals surface area (Å²) in [5.74, 6) is -0.839. The predicted octanol–water partition coefficient (Wildman–Crippen LogP) is 2.80. The summed E-state index contributed by atoms with van der Waals surface area (Å²) in [6, 6.07) is 16.2. The molecule has 134 valence electrons. The number of carbonyl (C=O) groups excluding carboxylic acids is 3. The van der Waals surface area contributed by atoms with Gasteiger partial charge in [-0.3, -0.25) is 14.4 Å². The van der Waals surface area contributed by atoms with Gasteiger partial charge in [0.15, 0.2) is 0 Å². The Morgan fingerprint density at radius 2 is 1.54 bits per heavy atom. The fourth-order valence-corrected chi connectivity index (χ4v) is 3.29. The Hall–Kier alpha value is -3.15. The maximum Gasteiger partial charge on any atom is 0.230 e. The van der Waals surface area contributed by atoms with E-state index in [9.17, 15) is 14.4 Å². The molecule has 1 aliphatic heterocycles. The average molecular weight is 351 g/mol. The Balaban J connectivity index is 1.75. The van der Waals surface area contributed by atoms with Gasteiger partial charge in [0.25, 0.3) is 0 Å². The molecule has 2 aromatic carbocycles. The Morgan fingerprint density at radius 1 is 0.962 bits per heavy atom. The molecule has 3 amide bonds. The van der Waals surface area contributed by atoms with Crippen molar-refractivity contribution in [3.8, 4) is 0 Å². The molecule has 0 saturated carbocycles. The van der Waals surface area contributed by atoms with Crippen LogP contribution in [0.5, 0.6) is 0 Å². The number of likely N-dealkylation sites (tertiary alicyclic amines) is 1. The van der Waals surface area contributed by atoms with E-state index in [-0.39, 0.29) is 30.2 Å². The number of benzene rings is 2. The first-order valence-corrected chi connectivity index (χ1v) is 8.45. The van der Waals surface area contributed by atoms with E-state index in [1.807, 2.05) is 30.3 Å². The van der Waals surface area contributed by atoms with Crippen molar-refractivity contribution in [3.05, 3.63) is 60.2 Å². The van der Waals surface area contributed by atoms with Crippen molar-refractivity contribution in [1.82, 2.24) is 4.90 Å². The molecule has 0 unspecified atom stereocenters. The summed E-state index contributed by atoms with van der Waals surface area (Å²) in [5, 5.41) is 5.55. The van der Waals surface area contributed by atoms with Crippen LogP contribution in [0, 0.1) is 5.92 Å². The quantitative estimate of drug-likeness (QED) is 0.889. The van der Waals surface area contributed by atoms with Gasteiger partial charge in [0.2, 0.25) is 17.7 Å². The van der Waals surface area contributed by atoms with E-state index in [0.29, 0.717) is 11.4 Å². The summed E-state index contributed by atoms with van der Waals surface area (Å²) in [6.45, 7) is 1.44. The van der Waals surface area contributed by atoms with E-state index in [2.05, 4.69) is 10.6 Å². The highest BCUT2D eigenvalue weighted by atomic mass is 16.2. The third-order valence-electron chi connectivity index (χ3n) is 4.54. The molecular weight excluding hydrogens is 330 g/mol. The van der Waals surface area contributed by atoms with Crippen LogP contribution in [-0.2, 0) is 14.4 Å². The number of rotatable bonds is 4. The van der Waals surface area contributed by atoms with Gasteiger partial charge in [0, 0.05) is 31.8 Å². The number of hydrogen-bond donors (Lipinski definition) is 2. The third-order valence-corrected chi connectivity index (χ3v) is 4.54. The second-order valence-corrected chi connectivity index (χ2v) is 6.42. The van der Waals surface area contributed by atoms with Crippen LogP contribution in [-0.4, -0.2) is 29.7 Å². The Morgan fingerprint density at radius 3 is 2.12 bits per heavy atom. The molecule has 0 bridgehead atoms.